The average molecular weight is 373 g/mol. The third-order valence-electron chi connectivity index (χ3n) is 5.56. The average Bonchev–Trinajstić information content (AvgIpc) is 3.19. The number of fused-ring (bicyclic) bond motifs is 1. The first-order chi connectivity index (χ1) is 13.2. The van der Waals surface area contributed by atoms with Crippen molar-refractivity contribution in [2.75, 3.05) is 25.1 Å². The van der Waals surface area contributed by atoms with Gasteiger partial charge in [0.25, 0.3) is 0 Å². The molecule has 146 valence electrons. The van der Waals surface area contributed by atoms with Crippen LogP contribution in [-0.4, -0.2) is 48.7 Å². The maximum Gasteiger partial charge on any atom is 0.318 e. The first-order valence-electron chi connectivity index (χ1n) is 9.98. The molecule has 1 atom stereocenters. The van der Waals surface area contributed by atoms with Crippen molar-refractivity contribution in [2.45, 2.75) is 57.0 Å². The zero-order valence-electron chi connectivity index (χ0n) is 15.5. The van der Waals surface area contributed by atoms with E-state index in [0.29, 0.717) is 43.4 Å². The fourth-order valence-corrected chi connectivity index (χ4v) is 4.13. The number of ether oxygens (including phenoxy) is 2. The van der Waals surface area contributed by atoms with Crippen LogP contribution in [0.4, 0.5) is 10.5 Å². The first-order valence-corrected chi connectivity index (χ1v) is 9.98. The van der Waals surface area contributed by atoms with Crippen LogP contribution in [0.5, 0.6) is 11.5 Å². The predicted molar refractivity (Wildman–Crippen MR) is 101 cm³/mol. The Morgan fingerprint density at radius 3 is 2.56 bits per heavy atom. The maximum absolute atomic E-state index is 12.8. The Balaban J connectivity index is 1.37. The van der Waals surface area contributed by atoms with E-state index in [-0.39, 0.29) is 18.0 Å². The molecule has 1 aromatic rings. The highest BCUT2D eigenvalue weighted by Gasteiger charge is 2.35. The summed E-state index contributed by atoms with van der Waals surface area (Å²) in [6.07, 6.45) is 7.18. The smallest absolute Gasteiger partial charge is 0.318 e. The molecule has 2 aliphatic heterocycles. The van der Waals surface area contributed by atoms with Crippen LogP contribution in [-0.2, 0) is 4.79 Å². The molecule has 3 amide bonds. The van der Waals surface area contributed by atoms with Gasteiger partial charge >= 0.3 is 6.03 Å². The highest BCUT2D eigenvalue weighted by Crippen LogP contribution is 2.33. The molecule has 1 saturated heterocycles. The van der Waals surface area contributed by atoms with Crippen LogP contribution >= 0.6 is 0 Å². The molecule has 1 aromatic carbocycles. The Hall–Kier alpha value is -2.44. The van der Waals surface area contributed by atoms with E-state index in [9.17, 15) is 9.59 Å². The molecule has 2 heterocycles. The number of nitrogens with zero attached hydrogens (tertiary/aromatic N) is 1. The second-order valence-electron chi connectivity index (χ2n) is 7.48. The molecule has 27 heavy (non-hydrogen) atoms. The van der Waals surface area contributed by atoms with E-state index in [0.717, 1.165) is 19.3 Å². The summed E-state index contributed by atoms with van der Waals surface area (Å²) >= 11 is 0. The second-order valence-corrected chi connectivity index (χ2v) is 7.48. The number of urea groups is 1. The van der Waals surface area contributed by atoms with Crippen molar-refractivity contribution in [1.82, 2.24) is 10.2 Å². The first kappa shape index (κ1) is 17.9. The summed E-state index contributed by atoms with van der Waals surface area (Å²) in [5.41, 5.74) is 0.656. The van der Waals surface area contributed by atoms with Gasteiger partial charge in [0.05, 0.1) is 0 Å². The Morgan fingerprint density at radius 1 is 0.963 bits per heavy atom. The van der Waals surface area contributed by atoms with E-state index >= 15 is 0 Å². The number of hydrogen-bond acceptors (Lipinski definition) is 4. The minimum Gasteiger partial charge on any atom is -0.486 e. The van der Waals surface area contributed by atoms with Gasteiger partial charge in [-0.3, -0.25) is 4.79 Å². The predicted octanol–water partition coefficient (Wildman–Crippen LogP) is 2.90. The van der Waals surface area contributed by atoms with E-state index in [1.165, 1.54) is 19.3 Å². The van der Waals surface area contributed by atoms with E-state index < -0.39 is 6.04 Å². The summed E-state index contributed by atoms with van der Waals surface area (Å²) in [6, 6.07) is 5.07. The number of anilines is 1. The van der Waals surface area contributed by atoms with Gasteiger partial charge in [-0.25, -0.2) is 4.79 Å². The minimum absolute atomic E-state index is 0.110. The molecule has 7 nitrogen and oxygen atoms in total. The van der Waals surface area contributed by atoms with Gasteiger partial charge in [-0.05, 0) is 37.8 Å². The van der Waals surface area contributed by atoms with Crippen LogP contribution in [0.15, 0.2) is 18.2 Å². The Kier molecular flexibility index (Phi) is 5.36. The summed E-state index contributed by atoms with van der Waals surface area (Å²) < 4.78 is 11.1. The molecule has 0 aromatic heterocycles. The van der Waals surface area contributed by atoms with Gasteiger partial charge in [0.2, 0.25) is 5.91 Å². The molecular formula is C20H27N3O4. The van der Waals surface area contributed by atoms with Crippen molar-refractivity contribution in [3.8, 4) is 11.5 Å². The normalized spacial score (nSPS) is 22.4. The molecule has 4 rings (SSSR count). The van der Waals surface area contributed by atoms with Crippen LogP contribution in [0.3, 0.4) is 0 Å². The summed E-state index contributed by atoms with van der Waals surface area (Å²) in [7, 11) is 0. The van der Waals surface area contributed by atoms with Gasteiger partial charge in [0.15, 0.2) is 11.5 Å². The highest BCUT2D eigenvalue weighted by atomic mass is 16.6. The van der Waals surface area contributed by atoms with Crippen molar-refractivity contribution < 1.29 is 19.1 Å². The number of nitrogens with one attached hydrogen (secondary N) is 2. The van der Waals surface area contributed by atoms with E-state index in [1.807, 2.05) is 0 Å². The van der Waals surface area contributed by atoms with Gasteiger partial charge in [-0.1, -0.05) is 19.3 Å². The zero-order valence-corrected chi connectivity index (χ0v) is 15.5. The Labute approximate surface area is 159 Å². The van der Waals surface area contributed by atoms with Crippen LogP contribution in [0, 0.1) is 0 Å². The van der Waals surface area contributed by atoms with Crippen molar-refractivity contribution in [1.29, 1.82) is 0 Å². The lowest BCUT2D eigenvalue weighted by molar-refractivity contribution is -0.119. The molecular weight excluding hydrogens is 346 g/mol. The van der Waals surface area contributed by atoms with Crippen molar-refractivity contribution in [2.24, 2.45) is 0 Å². The number of likely N-dealkylation sites (tertiary alicyclic amines) is 1. The van der Waals surface area contributed by atoms with Crippen LogP contribution < -0.4 is 20.1 Å². The van der Waals surface area contributed by atoms with Gasteiger partial charge in [-0.2, -0.15) is 0 Å². The maximum atomic E-state index is 12.8. The zero-order chi connectivity index (χ0) is 18.6. The third kappa shape index (κ3) is 4.12. The lowest BCUT2D eigenvalue weighted by atomic mass is 9.96. The van der Waals surface area contributed by atoms with Crippen LogP contribution in [0.1, 0.15) is 44.9 Å². The molecule has 0 unspecified atom stereocenters. The van der Waals surface area contributed by atoms with Crippen molar-refractivity contribution in [3.63, 3.8) is 0 Å². The van der Waals surface area contributed by atoms with Gasteiger partial charge in [-0.15, -0.1) is 0 Å². The Bertz CT molecular complexity index is 702. The summed E-state index contributed by atoms with van der Waals surface area (Å²) in [4.78, 5) is 27.1. The number of hydrogen-bond donors (Lipinski definition) is 2. The minimum atomic E-state index is -0.429. The number of benzene rings is 1. The molecule has 2 fully saturated rings. The van der Waals surface area contributed by atoms with E-state index in [1.54, 1.807) is 23.1 Å². The lowest BCUT2D eigenvalue weighted by Crippen LogP contribution is -2.50. The van der Waals surface area contributed by atoms with Crippen molar-refractivity contribution >= 4 is 17.6 Å². The molecule has 0 radical (unpaired) electrons. The number of carbonyl (C=O) groups is 2. The fourth-order valence-electron chi connectivity index (χ4n) is 4.13. The largest absolute Gasteiger partial charge is 0.486 e. The summed E-state index contributed by atoms with van der Waals surface area (Å²) in [5, 5.41) is 6.05. The fraction of sp³-hybridized carbons (Fsp3) is 0.600. The molecule has 0 spiro atoms. The van der Waals surface area contributed by atoms with E-state index in [2.05, 4.69) is 10.6 Å². The summed E-state index contributed by atoms with van der Waals surface area (Å²) in [6.45, 7) is 1.66. The third-order valence-corrected chi connectivity index (χ3v) is 5.56. The highest BCUT2D eigenvalue weighted by molar-refractivity contribution is 5.97. The molecule has 2 N–H and O–H groups in total. The van der Waals surface area contributed by atoms with Crippen LogP contribution in [0.25, 0.3) is 0 Å². The topological polar surface area (TPSA) is 79.9 Å². The quantitative estimate of drug-likeness (QED) is 0.854. The lowest BCUT2D eigenvalue weighted by Gasteiger charge is -2.29. The number of rotatable bonds is 3. The number of amides is 3. The van der Waals surface area contributed by atoms with E-state index in [4.69, 9.17) is 9.47 Å². The molecule has 1 aliphatic carbocycles. The molecule has 0 bridgehead atoms. The Morgan fingerprint density at radius 2 is 1.74 bits per heavy atom. The standard InChI is InChI=1S/C20H27N3O4/c24-19(21-15-8-9-17-18(13-15)27-12-11-26-17)16-7-4-10-23(16)20(25)22-14-5-2-1-3-6-14/h8-9,13-14,16H,1-7,10-12H2,(H,21,24)(H,22,25)/t16-/m0/s1. The SMILES string of the molecule is O=C(Nc1ccc2c(c1)OCCO2)[C@@H]1CCCN1C(=O)NC1CCCCC1. The molecule has 3 aliphatic rings. The monoisotopic (exact) mass is 373 g/mol. The van der Waals surface area contributed by atoms with Gasteiger partial charge < -0.3 is 25.0 Å². The van der Waals surface area contributed by atoms with Gasteiger partial charge in [0, 0.05) is 24.3 Å². The van der Waals surface area contributed by atoms with Crippen molar-refractivity contribution in [3.05, 3.63) is 18.2 Å². The summed E-state index contributed by atoms with van der Waals surface area (Å²) in [5.74, 6) is 1.17. The number of carbonyl (C=O) groups excluding carboxylic acids is 2. The second kappa shape index (κ2) is 8.06. The molecule has 7 heteroatoms. The molecule has 1 saturated carbocycles. The van der Waals surface area contributed by atoms with Gasteiger partial charge in [0.1, 0.15) is 19.3 Å². The van der Waals surface area contributed by atoms with Crippen LogP contribution in [0.2, 0.25) is 0 Å².